The first-order valence-electron chi connectivity index (χ1n) is 5.22. The minimum Gasteiger partial charge on any atom is -0.290 e. The summed E-state index contributed by atoms with van der Waals surface area (Å²) in [6.07, 6.45) is -1.13. The van der Waals surface area contributed by atoms with Crippen LogP contribution in [0.4, 0.5) is 8.78 Å². The molecule has 1 aliphatic rings. The molecule has 1 aromatic carbocycles. The van der Waals surface area contributed by atoms with Gasteiger partial charge in [0.25, 0.3) is 0 Å². The predicted octanol–water partition coefficient (Wildman–Crippen LogP) is 1.66. The van der Waals surface area contributed by atoms with Crippen molar-refractivity contribution in [1.82, 2.24) is 9.89 Å². The third-order valence-electron chi connectivity index (χ3n) is 2.89. The molecule has 0 aliphatic carbocycles. The van der Waals surface area contributed by atoms with Gasteiger partial charge in [0, 0.05) is 5.39 Å². The van der Waals surface area contributed by atoms with Crippen LogP contribution in [0.1, 0.15) is 0 Å². The Bertz CT molecular complexity index is 501. The third kappa shape index (κ3) is 1.35. The molecule has 0 N–H and O–H groups in total. The molecule has 3 rings (SSSR count). The van der Waals surface area contributed by atoms with Gasteiger partial charge in [0.1, 0.15) is 0 Å². The molecular weight excluding hydrogens is 212 g/mol. The van der Waals surface area contributed by atoms with E-state index in [9.17, 15) is 8.78 Å². The van der Waals surface area contributed by atoms with E-state index in [1.165, 1.54) is 0 Å². The number of halogens is 2. The lowest BCUT2D eigenvalue weighted by Gasteiger charge is -2.17. The van der Waals surface area contributed by atoms with Crippen LogP contribution < -0.4 is 5.01 Å². The second-order valence-corrected chi connectivity index (χ2v) is 4.00. The molecule has 0 radical (unpaired) electrons. The van der Waals surface area contributed by atoms with Crippen molar-refractivity contribution in [2.75, 3.05) is 18.1 Å². The zero-order chi connectivity index (χ0) is 11.1. The van der Waals surface area contributed by atoms with Gasteiger partial charge in [0.15, 0.2) is 12.3 Å². The summed E-state index contributed by atoms with van der Waals surface area (Å²) < 4.78 is 26.2. The van der Waals surface area contributed by atoms with Gasteiger partial charge in [-0.3, -0.25) is 5.01 Å². The molecule has 0 amide bonds. The van der Waals surface area contributed by atoms with Crippen LogP contribution in [0.25, 0.3) is 10.9 Å². The number of para-hydroxylation sites is 1. The minimum absolute atomic E-state index is 0.0623. The van der Waals surface area contributed by atoms with E-state index < -0.39 is 12.3 Å². The molecule has 1 fully saturated rings. The third-order valence-corrected chi connectivity index (χ3v) is 2.89. The summed E-state index contributed by atoms with van der Waals surface area (Å²) >= 11 is 0. The van der Waals surface area contributed by atoms with E-state index in [0.717, 1.165) is 10.9 Å². The van der Waals surface area contributed by atoms with E-state index in [0.29, 0.717) is 0 Å². The maximum absolute atomic E-state index is 13.1. The molecule has 0 bridgehead atoms. The van der Waals surface area contributed by atoms with Gasteiger partial charge in [-0.25, -0.2) is 8.78 Å². The first kappa shape index (κ1) is 9.57. The summed E-state index contributed by atoms with van der Waals surface area (Å²) in [5.41, 5.74) is 0.879. The standard InChI is InChI=1S/C11H11F2N3/c12-9-6-15(7-10(9)13)16-11-4-2-1-3-8(11)5-14-16/h1-5,9-10H,6-7H2. The van der Waals surface area contributed by atoms with Crippen molar-refractivity contribution in [3.63, 3.8) is 0 Å². The quantitative estimate of drug-likeness (QED) is 0.733. The molecule has 16 heavy (non-hydrogen) atoms. The largest absolute Gasteiger partial charge is 0.290 e. The summed E-state index contributed by atoms with van der Waals surface area (Å²) in [6.45, 7) is 0.125. The lowest BCUT2D eigenvalue weighted by molar-refractivity contribution is 0.217. The molecule has 5 heteroatoms. The minimum atomic E-state index is -1.41. The highest BCUT2D eigenvalue weighted by Crippen LogP contribution is 2.19. The molecule has 1 saturated heterocycles. The molecule has 1 aliphatic heterocycles. The van der Waals surface area contributed by atoms with E-state index in [4.69, 9.17) is 0 Å². The van der Waals surface area contributed by atoms with Crippen molar-refractivity contribution < 1.29 is 8.78 Å². The Hall–Kier alpha value is -1.65. The van der Waals surface area contributed by atoms with Gasteiger partial charge in [-0.2, -0.15) is 9.89 Å². The van der Waals surface area contributed by atoms with Crippen molar-refractivity contribution in [3.05, 3.63) is 30.5 Å². The van der Waals surface area contributed by atoms with Gasteiger partial charge >= 0.3 is 0 Å². The van der Waals surface area contributed by atoms with Crippen LogP contribution in [0.2, 0.25) is 0 Å². The highest BCUT2D eigenvalue weighted by Gasteiger charge is 2.33. The molecule has 0 saturated carbocycles. The van der Waals surface area contributed by atoms with Crippen molar-refractivity contribution in [3.8, 4) is 0 Å². The Labute approximate surface area is 91.2 Å². The van der Waals surface area contributed by atoms with Gasteiger partial charge in [-0.15, -0.1) is 0 Å². The fourth-order valence-corrected chi connectivity index (χ4v) is 2.04. The smallest absolute Gasteiger partial charge is 0.152 e. The Kier molecular flexibility index (Phi) is 2.05. The Morgan fingerprint density at radius 3 is 2.56 bits per heavy atom. The molecule has 1 aromatic heterocycles. The van der Waals surface area contributed by atoms with Gasteiger partial charge in [-0.1, -0.05) is 18.2 Å². The summed E-state index contributed by atoms with van der Waals surface area (Å²) in [7, 11) is 0. The van der Waals surface area contributed by atoms with Crippen molar-refractivity contribution in [1.29, 1.82) is 0 Å². The SMILES string of the molecule is FC1CN(n2ncc3ccccc32)CC1F. The van der Waals surface area contributed by atoms with Crippen molar-refractivity contribution in [2.24, 2.45) is 0 Å². The lowest BCUT2D eigenvalue weighted by atomic mass is 10.3. The van der Waals surface area contributed by atoms with E-state index in [1.54, 1.807) is 16.0 Å². The summed E-state index contributed by atoms with van der Waals surface area (Å²) in [4.78, 5) is 1.58. The molecule has 0 spiro atoms. The number of nitrogens with zero attached hydrogens (tertiary/aromatic N) is 3. The zero-order valence-electron chi connectivity index (χ0n) is 8.55. The van der Waals surface area contributed by atoms with Crippen molar-refractivity contribution in [2.45, 2.75) is 12.3 Å². The molecule has 2 heterocycles. The summed E-state index contributed by atoms with van der Waals surface area (Å²) in [5, 5.41) is 6.72. The first-order chi connectivity index (χ1) is 7.75. The Balaban J connectivity index is 2.01. The maximum Gasteiger partial charge on any atom is 0.152 e. The number of rotatable bonds is 1. The van der Waals surface area contributed by atoms with Gasteiger partial charge in [0.05, 0.1) is 24.8 Å². The number of fused-ring (bicyclic) bond motifs is 1. The fraction of sp³-hybridized carbons (Fsp3) is 0.364. The van der Waals surface area contributed by atoms with Crippen LogP contribution in [0, 0.1) is 0 Å². The zero-order valence-corrected chi connectivity index (χ0v) is 8.55. The van der Waals surface area contributed by atoms with Crippen LogP contribution in [0.5, 0.6) is 0 Å². The van der Waals surface area contributed by atoms with E-state index >= 15 is 0 Å². The number of hydrogen-bond acceptors (Lipinski definition) is 2. The number of alkyl halides is 2. The van der Waals surface area contributed by atoms with E-state index in [-0.39, 0.29) is 13.1 Å². The Morgan fingerprint density at radius 1 is 1.12 bits per heavy atom. The van der Waals surface area contributed by atoms with Crippen molar-refractivity contribution >= 4 is 10.9 Å². The average molecular weight is 223 g/mol. The highest BCUT2D eigenvalue weighted by molar-refractivity contribution is 5.78. The molecule has 2 atom stereocenters. The van der Waals surface area contributed by atoms with E-state index in [2.05, 4.69) is 5.10 Å². The van der Waals surface area contributed by atoms with Gasteiger partial charge in [-0.05, 0) is 6.07 Å². The molecule has 2 aromatic rings. The van der Waals surface area contributed by atoms with Crippen LogP contribution >= 0.6 is 0 Å². The summed E-state index contributed by atoms with van der Waals surface area (Å²) in [5.74, 6) is 0. The monoisotopic (exact) mass is 223 g/mol. The number of aromatic nitrogens is 2. The second kappa shape index (κ2) is 3.43. The van der Waals surface area contributed by atoms with Gasteiger partial charge in [0.2, 0.25) is 0 Å². The van der Waals surface area contributed by atoms with Crippen LogP contribution in [-0.2, 0) is 0 Å². The average Bonchev–Trinajstić information content (AvgIpc) is 2.83. The Morgan fingerprint density at radius 2 is 1.81 bits per heavy atom. The predicted molar refractivity (Wildman–Crippen MR) is 57.5 cm³/mol. The second-order valence-electron chi connectivity index (χ2n) is 4.00. The van der Waals surface area contributed by atoms with Crippen LogP contribution in [0.15, 0.2) is 30.5 Å². The maximum atomic E-state index is 13.1. The lowest BCUT2D eigenvalue weighted by Crippen LogP contribution is -2.33. The molecular formula is C11H11F2N3. The normalized spacial score (nSPS) is 25.5. The molecule has 2 unspecified atom stereocenters. The highest BCUT2D eigenvalue weighted by atomic mass is 19.2. The fourth-order valence-electron chi connectivity index (χ4n) is 2.04. The topological polar surface area (TPSA) is 21.1 Å². The summed E-state index contributed by atoms with van der Waals surface area (Å²) in [6, 6.07) is 7.61. The number of benzene rings is 1. The van der Waals surface area contributed by atoms with Crippen LogP contribution in [-0.4, -0.2) is 35.3 Å². The van der Waals surface area contributed by atoms with E-state index in [1.807, 2.05) is 24.3 Å². The first-order valence-corrected chi connectivity index (χ1v) is 5.22. The van der Waals surface area contributed by atoms with Gasteiger partial charge < -0.3 is 0 Å². The molecule has 3 nitrogen and oxygen atoms in total. The van der Waals surface area contributed by atoms with Crippen LogP contribution in [0.3, 0.4) is 0 Å². The number of hydrogen-bond donors (Lipinski definition) is 0. The molecule has 84 valence electrons.